The summed E-state index contributed by atoms with van der Waals surface area (Å²) in [6, 6.07) is 48.5. The summed E-state index contributed by atoms with van der Waals surface area (Å²) in [5.41, 5.74) is 5.17. The Kier molecular flexibility index (Phi) is 5.12. The Bertz CT molecular complexity index is 1790. The lowest BCUT2D eigenvalue weighted by atomic mass is 9.84. The van der Waals surface area contributed by atoms with Crippen molar-refractivity contribution in [1.82, 2.24) is 0 Å². The molecule has 0 aliphatic rings. The van der Waals surface area contributed by atoms with Crippen LogP contribution in [0.25, 0.3) is 65.3 Å². The van der Waals surface area contributed by atoms with Crippen LogP contribution in [0.4, 0.5) is 0 Å². The molecule has 0 bridgehead atoms. The van der Waals surface area contributed by atoms with Crippen molar-refractivity contribution in [1.29, 1.82) is 0 Å². The fraction of sp³-hybridized carbons (Fsp3) is 0. The molecule has 7 aromatic rings. The van der Waals surface area contributed by atoms with Gasteiger partial charge in [0, 0.05) is 8.41 Å². The zero-order chi connectivity index (χ0) is 22.5. The molecule has 0 unspecified atom stereocenters. The molecule has 0 spiro atoms. The summed E-state index contributed by atoms with van der Waals surface area (Å²) in [5, 5.41) is 10.3. The third-order valence-corrected chi connectivity index (χ3v) is 7.03. The van der Waals surface area contributed by atoms with E-state index in [0.717, 1.165) is 0 Å². The monoisotopic (exact) mass is 441 g/mol. The van der Waals surface area contributed by atoms with Gasteiger partial charge in [0.05, 0.1) is 0 Å². The minimum Gasteiger partial charge on any atom is -0.0622 e. The van der Waals surface area contributed by atoms with E-state index in [4.69, 9.17) is 0 Å². The molecule has 0 atom stereocenters. The van der Waals surface area contributed by atoms with Gasteiger partial charge in [-0.1, -0.05) is 127 Å². The molecule has 0 fully saturated rings. The number of fused-ring (bicyclic) bond motifs is 5. The molecular weight excluding hydrogens is 419 g/mol. The summed E-state index contributed by atoms with van der Waals surface area (Å²) in [6.07, 6.45) is 0. The summed E-state index contributed by atoms with van der Waals surface area (Å²) in [5.74, 6) is 0. The summed E-state index contributed by atoms with van der Waals surface area (Å²) in [7, 11) is 0. The first-order chi connectivity index (χ1) is 16.9. The van der Waals surface area contributed by atoms with Crippen molar-refractivity contribution < 1.29 is 0 Å². The molecule has 0 nitrogen and oxygen atoms in total. The van der Waals surface area contributed by atoms with Gasteiger partial charge in [-0.3, -0.25) is 0 Å². The second-order valence-electron chi connectivity index (χ2n) is 8.90. The maximum atomic E-state index is 2.38. The summed E-state index contributed by atoms with van der Waals surface area (Å²) >= 11 is 0. The van der Waals surface area contributed by atoms with Crippen molar-refractivity contribution in [2.75, 3.05) is 0 Å². The van der Waals surface area contributed by atoms with Gasteiger partial charge < -0.3 is 0 Å². The molecule has 0 heterocycles. The normalized spacial score (nSPS) is 11.2. The Balaban J connectivity index is 0.00000229. The van der Waals surface area contributed by atoms with Crippen LogP contribution < -0.4 is 0 Å². The molecule has 35 heavy (non-hydrogen) atoms. The van der Waals surface area contributed by atoms with E-state index in [1.54, 1.807) is 0 Å². The van der Waals surface area contributed by atoms with Crippen molar-refractivity contribution in [2.24, 2.45) is 0 Å². The lowest BCUT2D eigenvalue weighted by molar-refractivity contribution is 1.67. The zero-order valence-corrected chi connectivity index (χ0v) is 19.3. The van der Waals surface area contributed by atoms with Crippen LogP contribution in [0.1, 0.15) is 0 Å². The SMILES string of the molecule is [B].c1ccc(-c2c3ccccc3c(-c3cc4ccccc4c4ccccc34)c3ccccc23)cc1. The van der Waals surface area contributed by atoms with Crippen LogP contribution in [0, 0.1) is 0 Å². The average molecular weight is 441 g/mol. The third-order valence-electron chi connectivity index (χ3n) is 7.03. The van der Waals surface area contributed by atoms with Gasteiger partial charge in [0.15, 0.2) is 0 Å². The smallest absolute Gasteiger partial charge is 0 e. The van der Waals surface area contributed by atoms with Crippen LogP contribution in [0.15, 0.2) is 133 Å². The Labute approximate surface area is 207 Å². The van der Waals surface area contributed by atoms with Gasteiger partial charge >= 0.3 is 0 Å². The molecule has 7 rings (SSSR count). The molecule has 1 heteroatoms. The summed E-state index contributed by atoms with van der Waals surface area (Å²) in [4.78, 5) is 0. The summed E-state index contributed by atoms with van der Waals surface area (Å²) in [6.45, 7) is 0. The molecular formula is C34H22B. The third kappa shape index (κ3) is 3.24. The van der Waals surface area contributed by atoms with E-state index in [1.807, 2.05) is 0 Å². The van der Waals surface area contributed by atoms with Gasteiger partial charge in [-0.25, -0.2) is 0 Å². The highest BCUT2D eigenvalue weighted by atomic mass is 14.2. The first-order valence-corrected chi connectivity index (χ1v) is 11.8. The lowest BCUT2D eigenvalue weighted by Crippen LogP contribution is -1.92. The van der Waals surface area contributed by atoms with E-state index in [9.17, 15) is 0 Å². The minimum absolute atomic E-state index is 0. The van der Waals surface area contributed by atoms with Crippen LogP contribution >= 0.6 is 0 Å². The Morgan fingerprint density at radius 2 is 0.743 bits per heavy atom. The molecule has 0 N–H and O–H groups in total. The number of rotatable bonds is 2. The zero-order valence-electron chi connectivity index (χ0n) is 19.3. The fourth-order valence-electron chi connectivity index (χ4n) is 5.60. The molecule has 0 amide bonds. The predicted molar refractivity (Wildman–Crippen MR) is 153 cm³/mol. The maximum Gasteiger partial charge on any atom is 0 e. The minimum atomic E-state index is 0. The van der Waals surface area contributed by atoms with Crippen molar-refractivity contribution in [3.63, 3.8) is 0 Å². The highest BCUT2D eigenvalue weighted by Crippen LogP contribution is 2.46. The first-order valence-electron chi connectivity index (χ1n) is 11.8. The highest BCUT2D eigenvalue weighted by Gasteiger charge is 2.18. The molecule has 3 radical (unpaired) electrons. The fourth-order valence-corrected chi connectivity index (χ4v) is 5.60. The number of hydrogen-bond donors (Lipinski definition) is 0. The van der Waals surface area contributed by atoms with Crippen LogP contribution in [-0.4, -0.2) is 8.41 Å². The Morgan fingerprint density at radius 3 is 1.34 bits per heavy atom. The van der Waals surface area contributed by atoms with Crippen molar-refractivity contribution in [2.45, 2.75) is 0 Å². The maximum absolute atomic E-state index is 2.38. The lowest BCUT2D eigenvalue weighted by Gasteiger charge is -2.19. The number of hydrogen-bond acceptors (Lipinski definition) is 0. The second-order valence-corrected chi connectivity index (χ2v) is 8.90. The topological polar surface area (TPSA) is 0 Å². The van der Waals surface area contributed by atoms with E-state index in [1.165, 1.54) is 65.3 Å². The van der Waals surface area contributed by atoms with Gasteiger partial charge in [0.2, 0.25) is 0 Å². The van der Waals surface area contributed by atoms with E-state index >= 15 is 0 Å². The van der Waals surface area contributed by atoms with Crippen molar-refractivity contribution in [3.05, 3.63) is 133 Å². The molecule has 0 aliphatic carbocycles. The van der Waals surface area contributed by atoms with Gasteiger partial charge in [0.25, 0.3) is 0 Å². The quantitative estimate of drug-likeness (QED) is 0.142. The molecule has 161 valence electrons. The Hall–Kier alpha value is -4.36. The second kappa shape index (κ2) is 8.45. The highest BCUT2D eigenvalue weighted by molar-refractivity contribution is 6.25. The average Bonchev–Trinajstić information content (AvgIpc) is 2.92. The van der Waals surface area contributed by atoms with Gasteiger partial charge in [-0.05, 0) is 71.4 Å². The van der Waals surface area contributed by atoms with E-state index in [-0.39, 0.29) is 8.41 Å². The Morgan fingerprint density at radius 1 is 0.314 bits per heavy atom. The number of benzene rings is 7. The standard InChI is InChI=1S/C34H22.B/c1-2-12-23(13-3-1)33-28-18-8-10-20-30(28)34(31-21-11-9-19-29(31)33)32-22-24-14-4-5-15-25(24)26-16-6-7-17-27(26)32;/h1-22H;. The molecule has 0 saturated heterocycles. The van der Waals surface area contributed by atoms with Crippen LogP contribution in [0.5, 0.6) is 0 Å². The van der Waals surface area contributed by atoms with Crippen molar-refractivity contribution in [3.8, 4) is 22.3 Å². The van der Waals surface area contributed by atoms with Crippen LogP contribution in [0.3, 0.4) is 0 Å². The summed E-state index contributed by atoms with van der Waals surface area (Å²) < 4.78 is 0. The van der Waals surface area contributed by atoms with Gasteiger partial charge in [-0.2, -0.15) is 0 Å². The van der Waals surface area contributed by atoms with Crippen LogP contribution in [-0.2, 0) is 0 Å². The van der Waals surface area contributed by atoms with Crippen LogP contribution in [0.2, 0.25) is 0 Å². The molecule has 0 aliphatic heterocycles. The van der Waals surface area contributed by atoms with E-state index in [2.05, 4.69) is 133 Å². The van der Waals surface area contributed by atoms with Gasteiger partial charge in [-0.15, -0.1) is 0 Å². The predicted octanol–water partition coefficient (Wildman–Crippen LogP) is 9.25. The van der Waals surface area contributed by atoms with E-state index < -0.39 is 0 Å². The first kappa shape index (κ1) is 21.2. The van der Waals surface area contributed by atoms with Crippen molar-refractivity contribution >= 4 is 51.5 Å². The largest absolute Gasteiger partial charge is 0.0622 e. The molecule has 0 saturated carbocycles. The molecule has 7 aromatic carbocycles. The molecule has 0 aromatic heterocycles. The van der Waals surface area contributed by atoms with E-state index in [0.29, 0.717) is 0 Å². The van der Waals surface area contributed by atoms with Gasteiger partial charge in [0.1, 0.15) is 0 Å².